The molecule has 0 saturated heterocycles. The SMILES string of the molecule is CCC(=O)/C=C(C)/C=C/CC(C)CCCC(C)(C)C. The van der Waals surface area contributed by atoms with E-state index in [2.05, 4.69) is 39.8 Å². The molecule has 0 aromatic rings. The van der Waals surface area contributed by atoms with Gasteiger partial charge in [0.15, 0.2) is 5.78 Å². The van der Waals surface area contributed by atoms with Crippen molar-refractivity contribution >= 4 is 5.78 Å². The van der Waals surface area contributed by atoms with Crippen LogP contribution in [0.3, 0.4) is 0 Å². The van der Waals surface area contributed by atoms with Crippen molar-refractivity contribution < 1.29 is 4.79 Å². The van der Waals surface area contributed by atoms with Crippen molar-refractivity contribution in [2.75, 3.05) is 0 Å². The summed E-state index contributed by atoms with van der Waals surface area (Å²) in [4.78, 5) is 11.2. The Morgan fingerprint density at radius 3 is 2.42 bits per heavy atom. The van der Waals surface area contributed by atoms with E-state index in [0.717, 1.165) is 17.9 Å². The Labute approximate surface area is 120 Å². The van der Waals surface area contributed by atoms with Crippen LogP contribution in [0.1, 0.15) is 73.6 Å². The first-order chi connectivity index (χ1) is 8.74. The number of carbonyl (C=O) groups is 1. The molecule has 1 atom stereocenters. The maximum absolute atomic E-state index is 11.2. The number of carbonyl (C=O) groups excluding carboxylic acids is 1. The Balaban J connectivity index is 3.93. The fourth-order valence-electron chi connectivity index (χ4n) is 1.99. The van der Waals surface area contributed by atoms with Crippen molar-refractivity contribution in [3.05, 3.63) is 23.8 Å². The molecule has 0 heterocycles. The van der Waals surface area contributed by atoms with Gasteiger partial charge in [0.25, 0.3) is 0 Å². The van der Waals surface area contributed by atoms with Crippen molar-refractivity contribution in [2.24, 2.45) is 11.3 Å². The fourth-order valence-corrected chi connectivity index (χ4v) is 1.99. The summed E-state index contributed by atoms with van der Waals surface area (Å²) in [5.41, 5.74) is 1.52. The summed E-state index contributed by atoms with van der Waals surface area (Å²) in [6.07, 6.45) is 11.6. The second kappa shape index (κ2) is 9.12. The highest BCUT2D eigenvalue weighted by molar-refractivity contribution is 5.90. The summed E-state index contributed by atoms with van der Waals surface area (Å²) < 4.78 is 0. The average Bonchev–Trinajstić information content (AvgIpc) is 2.26. The van der Waals surface area contributed by atoms with Gasteiger partial charge in [0, 0.05) is 6.42 Å². The van der Waals surface area contributed by atoms with Gasteiger partial charge in [-0.3, -0.25) is 4.79 Å². The molecule has 0 bridgehead atoms. The molecule has 1 unspecified atom stereocenters. The molecule has 1 nitrogen and oxygen atoms in total. The highest BCUT2D eigenvalue weighted by Crippen LogP contribution is 2.24. The van der Waals surface area contributed by atoms with E-state index in [0.29, 0.717) is 11.8 Å². The largest absolute Gasteiger partial charge is 0.295 e. The van der Waals surface area contributed by atoms with Gasteiger partial charge in [-0.2, -0.15) is 0 Å². The minimum atomic E-state index is 0.209. The Bertz CT molecular complexity index is 315. The van der Waals surface area contributed by atoms with E-state index in [1.54, 1.807) is 6.08 Å². The maximum Gasteiger partial charge on any atom is 0.155 e. The zero-order valence-corrected chi connectivity index (χ0v) is 13.8. The highest BCUT2D eigenvalue weighted by atomic mass is 16.1. The van der Waals surface area contributed by atoms with Crippen LogP contribution >= 0.6 is 0 Å². The lowest BCUT2D eigenvalue weighted by atomic mass is 9.87. The predicted molar refractivity (Wildman–Crippen MR) is 85.3 cm³/mol. The first kappa shape index (κ1) is 18.1. The van der Waals surface area contributed by atoms with Gasteiger partial charge in [-0.15, -0.1) is 0 Å². The molecule has 0 spiro atoms. The minimum absolute atomic E-state index is 0.209. The Morgan fingerprint density at radius 2 is 1.89 bits per heavy atom. The lowest BCUT2D eigenvalue weighted by molar-refractivity contribution is -0.114. The Morgan fingerprint density at radius 1 is 1.26 bits per heavy atom. The summed E-state index contributed by atoms with van der Waals surface area (Å²) in [5.74, 6) is 0.939. The molecule has 0 N–H and O–H groups in total. The fraction of sp³-hybridized carbons (Fsp3) is 0.722. The standard InChI is InChI=1S/C18H32O/c1-7-17(19)14-16(3)11-8-10-15(2)12-9-13-18(4,5)6/h8,11,14-15H,7,9-10,12-13H2,1-6H3/b11-8+,16-14+. The average molecular weight is 264 g/mol. The van der Waals surface area contributed by atoms with Crippen molar-refractivity contribution in [2.45, 2.75) is 73.6 Å². The number of allylic oxidation sites excluding steroid dienone is 4. The van der Waals surface area contributed by atoms with Crippen LogP contribution in [0.4, 0.5) is 0 Å². The van der Waals surface area contributed by atoms with Crippen LogP contribution in [0, 0.1) is 11.3 Å². The van der Waals surface area contributed by atoms with E-state index in [9.17, 15) is 4.79 Å². The lowest BCUT2D eigenvalue weighted by Crippen LogP contribution is -2.05. The van der Waals surface area contributed by atoms with Crippen LogP contribution < -0.4 is 0 Å². The third kappa shape index (κ3) is 11.9. The van der Waals surface area contributed by atoms with Gasteiger partial charge in [-0.25, -0.2) is 0 Å². The summed E-state index contributed by atoms with van der Waals surface area (Å²) in [6, 6.07) is 0. The normalized spacial score (nSPS) is 14.9. The summed E-state index contributed by atoms with van der Waals surface area (Å²) in [6.45, 7) is 13.1. The van der Waals surface area contributed by atoms with E-state index in [1.165, 1.54) is 19.3 Å². The van der Waals surface area contributed by atoms with Crippen molar-refractivity contribution in [1.82, 2.24) is 0 Å². The second-order valence-corrected chi connectivity index (χ2v) is 6.90. The zero-order valence-electron chi connectivity index (χ0n) is 13.8. The second-order valence-electron chi connectivity index (χ2n) is 6.90. The molecule has 0 fully saturated rings. The van der Waals surface area contributed by atoms with Crippen LogP contribution in [0.25, 0.3) is 0 Å². The molecule has 0 aliphatic carbocycles. The number of rotatable bonds is 8. The smallest absolute Gasteiger partial charge is 0.155 e. The monoisotopic (exact) mass is 264 g/mol. The molecule has 110 valence electrons. The molecule has 0 amide bonds. The molecule has 0 aliphatic heterocycles. The molecular weight excluding hydrogens is 232 g/mol. The molecular formula is C18H32O. The van der Waals surface area contributed by atoms with Gasteiger partial charge < -0.3 is 0 Å². The van der Waals surface area contributed by atoms with Crippen molar-refractivity contribution in [3.8, 4) is 0 Å². The van der Waals surface area contributed by atoms with Gasteiger partial charge in [0.05, 0.1) is 0 Å². The van der Waals surface area contributed by atoms with Gasteiger partial charge in [0.1, 0.15) is 0 Å². The maximum atomic E-state index is 11.2. The lowest BCUT2D eigenvalue weighted by Gasteiger charge is -2.18. The molecule has 19 heavy (non-hydrogen) atoms. The Hall–Kier alpha value is -0.850. The quantitative estimate of drug-likeness (QED) is 0.405. The highest BCUT2D eigenvalue weighted by Gasteiger charge is 2.10. The van der Waals surface area contributed by atoms with Crippen LogP contribution in [0.15, 0.2) is 23.8 Å². The molecule has 0 saturated carbocycles. The van der Waals surface area contributed by atoms with Crippen molar-refractivity contribution in [1.29, 1.82) is 0 Å². The van der Waals surface area contributed by atoms with Crippen LogP contribution in [-0.4, -0.2) is 5.78 Å². The third-order valence-corrected chi connectivity index (χ3v) is 3.28. The zero-order chi connectivity index (χ0) is 14.9. The van der Waals surface area contributed by atoms with Crippen LogP contribution in [0.2, 0.25) is 0 Å². The van der Waals surface area contributed by atoms with E-state index < -0.39 is 0 Å². The van der Waals surface area contributed by atoms with E-state index >= 15 is 0 Å². The van der Waals surface area contributed by atoms with Gasteiger partial charge in [-0.05, 0) is 42.7 Å². The van der Waals surface area contributed by atoms with Gasteiger partial charge in [0.2, 0.25) is 0 Å². The van der Waals surface area contributed by atoms with Crippen molar-refractivity contribution in [3.63, 3.8) is 0 Å². The van der Waals surface area contributed by atoms with Crippen LogP contribution in [0.5, 0.6) is 0 Å². The predicted octanol–water partition coefficient (Wildman–Crippen LogP) is 5.71. The number of hydrogen-bond donors (Lipinski definition) is 0. The molecule has 0 aliphatic rings. The summed E-state index contributed by atoms with van der Waals surface area (Å²) >= 11 is 0. The van der Waals surface area contributed by atoms with Gasteiger partial charge >= 0.3 is 0 Å². The van der Waals surface area contributed by atoms with E-state index in [-0.39, 0.29) is 5.78 Å². The van der Waals surface area contributed by atoms with E-state index in [1.807, 2.05) is 13.8 Å². The van der Waals surface area contributed by atoms with Gasteiger partial charge in [-0.1, -0.05) is 59.6 Å². The molecule has 1 heteroatoms. The summed E-state index contributed by atoms with van der Waals surface area (Å²) in [5, 5.41) is 0. The molecule has 0 rings (SSSR count). The third-order valence-electron chi connectivity index (χ3n) is 3.28. The topological polar surface area (TPSA) is 17.1 Å². The first-order valence-corrected chi connectivity index (χ1v) is 7.62. The number of ketones is 1. The van der Waals surface area contributed by atoms with Crippen LogP contribution in [-0.2, 0) is 4.79 Å². The number of hydrogen-bond acceptors (Lipinski definition) is 1. The summed E-state index contributed by atoms with van der Waals surface area (Å²) in [7, 11) is 0. The first-order valence-electron chi connectivity index (χ1n) is 7.62. The van der Waals surface area contributed by atoms with E-state index in [4.69, 9.17) is 0 Å². The molecule has 0 aromatic heterocycles. The molecule has 0 radical (unpaired) electrons. The minimum Gasteiger partial charge on any atom is -0.295 e. The Kier molecular flexibility index (Phi) is 8.71. The molecule has 0 aromatic carbocycles.